The number of rotatable bonds is 11. The van der Waals surface area contributed by atoms with Gasteiger partial charge in [0.15, 0.2) is 11.5 Å². The van der Waals surface area contributed by atoms with Gasteiger partial charge in [0, 0.05) is 35.5 Å². The highest BCUT2D eigenvalue weighted by atomic mass is 32.2. The maximum absolute atomic E-state index is 13.8. The number of hydrogen-bond donors (Lipinski definition) is 1. The monoisotopic (exact) mass is 485 g/mol. The lowest BCUT2D eigenvalue weighted by Gasteiger charge is -2.37. The molecule has 1 N–H and O–H groups in total. The number of carbonyl (C=O) groups is 1. The minimum absolute atomic E-state index is 0.0802. The zero-order chi connectivity index (χ0) is 24.6. The van der Waals surface area contributed by atoms with Crippen LogP contribution in [-0.4, -0.2) is 34.7 Å². The van der Waals surface area contributed by atoms with Gasteiger partial charge in [-0.1, -0.05) is 57.7 Å². The Morgan fingerprint density at radius 2 is 1.79 bits per heavy atom. The average molecular weight is 486 g/mol. The first kappa shape index (κ1) is 25.8. The fourth-order valence-corrected chi connectivity index (χ4v) is 6.26. The number of fused-ring (bicyclic) bond motifs is 1. The van der Waals surface area contributed by atoms with Crippen molar-refractivity contribution in [2.45, 2.75) is 57.3 Å². The molecule has 184 valence electrons. The molecule has 0 spiro atoms. The van der Waals surface area contributed by atoms with Gasteiger partial charge in [0.2, 0.25) is 0 Å². The zero-order valence-electron chi connectivity index (χ0n) is 20.3. The number of unbranched alkanes of at least 4 members (excludes halogenated alkanes) is 2. The molecule has 0 amide bonds. The number of aliphatic carboxylic acids is 1. The first-order valence-electron chi connectivity index (χ1n) is 11.9. The van der Waals surface area contributed by atoms with Crippen LogP contribution in [0.5, 0.6) is 11.5 Å². The summed E-state index contributed by atoms with van der Waals surface area (Å²) < 4.78 is 25.0. The third-order valence-corrected chi connectivity index (χ3v) is 8.00. The standard InChI is InChI=1S/C27H35NO5S/c1-4-6-14-27(15-7-5-2)19-28(21-11-9-8-10-12-21)22-17-23(32-3)24(33-16-13-26(29)30)18-25(22)34(31)20-27/h8-13,16-18H,4-7,14-15,19-20H2,1-3H3,(H,29,30)/b16-13+. The number of carboxylic acids is 1. The Morgan fingerprint density at radius 1 is 1.12 bits per heavy atom. The van der Waals surface area contributed by atoms with Gasteiger partial charge in [-0.05, 0) is 25.0 Å². The molecule has 3 rings (SSSR count). The second kappa shape index (κ2) is 12.1. The van der Waals surface area contributed by atoms with Gasteiger partial charge in [-0.15, -0.1) is 0 Å². The van der Waals surface area contributed by atoms with Crippen molar-refractivity contribution in [2.75, 3.05) is 24.3 Å². The number of methoxy groups -OCH3 is 1. The molecule has 1 aliphatic rings. The smallest absolute Gasteiger partial charge is 0.331 e. The predicted molar refractivity (Wildman–Crippen MR) is 137 cm³/mol. The first-order chi connectivity index (χ1) is 16.4. The lowest BCUT2D eigenvalue weighted by molar-refractivity contribution is -0.131. The number of hydrogen-bond acceptors (Lipinski definition) is 5. The van der Waals surface area contributed by atoms with Crippen molar-refractivity contribution in [3.8, 4) is 11.5 Å². The largest absolute Gasteiger partial charge is 0.493 e. The molecular formula is C27H35NO5S. The summed E-state index contributed by atoms with van der Waals surface area (Å²) in [5, 5.41) is 8.90. The number of benzene rings is 2. The highest BCUT2D eigenvalue weighted by Gasteiger charge is 2.39. The minimum Gasteiger partial charge on any atom is -0.493 e. The maximum Gasteiger partial charge on any atom is 0.331 e. The number of anilines is 2. The van der Waals surface area contributed by atoms with Crippen LogP contribution in [0.15, 0.2) is 59.7 Å². The van der Waals surface area contributed by atoms with Crippen LogP contribution in [0.4, 0.5) is 11.4 Å². The van der Waals surface area contributed by atoms with Gasteiger partial charge in [0.25, 0.3) is 0 Å². The van der Waals surface area contributed by atoms with Gasteiger partial charge in [-0.3, -0.25) is 4.21 Å². The first-order valence-corrected chi connectivity index (χ1v) is 13.2. The van der Waals surface area contributed by atoms with E-state index in [1.165, 1.54) is 0 Å². The lowest BCUT2D eigenvalue weighted by Crippen LogP contribution is -2.37. The molecule has 1 heterocycles. The van der Waals surface area contributed by atoms with E-state index in [9.17, 15) is 9.00 Å². The topological polar surface area (TPSA) is 76.1 Å². The average Bonchev–Trinajstić information content (AvgIpc) is 2.96. The molecule has 0 aliphatic carbocycles. The zero-order valence-corrected chi connectivity index (χ0v) is 21.1. The van der Waals surface area contributed by atoms with Crippen molar-refractivity contribution in [2.24, 2.45) is 5.41 Å². The number of para-hydroxylation sites is 1. The van der Waals surface area contributed by atoms with Crippen LogP contribution in [0.3, 0.4) is 0 Å². The Balaban J connectivity index is 2.15. The van der Waals surface area contributed by atoms with E-state index in [1.54, 1.807) is 13.2 Å². The van der Waals surface area contributed by atoms with Crippen molar-refractivity contribution < 1.29 is 23.6 Å². The maximum atomic E-state index is 13.8. The van der Waals surface area contributed by atoms with Gasteiger partial charge < -0.3 is 19.5 Å². The molecule has 2 aromatic carbocycles. The summed E-state index contributed by atoms with van der Waals surface area (Å²) in [5.74, 6) is 0.278. The molecule has 0 fully saturated rings. The normalized spacial score (nSPS) is 17.3. The van der Waals surface area contributed by atoms with Crippen LogP contribution >= 0.6 is 0 Å². The molecule has 0 saturated heterocycles. The van der Waals surface area contributed by atoms with Crippen LogP contribution in [0.25, 0.3) is 0 Å². The fraction of sp³-hybridized carbons (Fsp3) is 0.444. The molecule has 0 aromatic heterocycles. The summed E-state index contributed by atoms with van der Waals surface area (Å²) >= 11 is 0. The Kier molecular flexibility index (Phi) is 9.16. The molecule has 0 radical (unpaired) electrons. The number of nitrogens with zero attached hydrogens (tertiary/aromatic N) is 1. The highest BCUT2D eigenvalue weighted by Crippen LogP contribution is 2.46. The SMILES string of the molecule is CCCCC1(CCCC)CN(c2ccccc2)c2cc(OC)c(O/C=C/C(=O)O)cc2S(=O)C1. The Bertz CT molecular complexity index is 1010. The summed E-state index contributed by atoms with van der Waals surface area (Å²) in [6, 6.07) is 13.8. The van der Waals surface area contributed by atoms with Crippen molar-refractivity contribution >= 4 is 28.1 Å². The Labute approximate surface area is 205 Å². The predicted octanol–water partition coefficient (Wildman–Crippen LogP) is 6.30. The quantitative estimate of drug-likeness (QED) is 0.297. The van der Waals surface area contributed by atoms with Crippen molar-refractivity contribution in [1.29, 1.82) is 0 Å². The lowest BCUT2D eigenvalue weighted by atomic mass is 9.79. The number of carboxylic acid groups (broad SMARTS) is 1. The minimum atomic E-state index is -1.26. The Morgan fingerprint density at radius 3 is 2.38 bits per heavy atom. The molecule has 6 nitrogen and oxygen atoms in total. The van der Waals surface area contributed by atoms with E-state index < -0.39 is 16.8 Å². The van der Waals surface area contributed by atoms with Crippen LogP contribution in [-0.2, 0) is 15.6 Å². The molecule has 1 atom stereocenters. The summed E-state index contributed by atoms with van der Waals surface area (Å²) in [7, 11) is 0.289. The second-order valence-electron chi connectivity index (χ2n) is 8.85. The van der Waals surface area contributed by atoms with E-state index in [4.69, 9.17) is 14.6 Å². The van der Waals surface area contributed by atoms with Gasteiger partial charge in [0.05, 0.1) is 40.8 Å². The number of ether oxygens (including phenoxy) is 2. The van der Waals surface area contributed by atoms with E-state index in [0.29, 0.717) is 22.1 Å². The summed E-state index contributed by atoms with van der Waals surface area (Å²) in [4.78, 5) is 13.8. The summed E-state index contributed by atoms with van der Waals surface area (Å²) in [5.41, 5.74) is 1.80. The molecule has 1 unspecified atom stereocenters. The second-order valence-corrected chi connectivity index (χ2v) is 10.3. The van der Waals surface area contributed by atoms with E-state index in [-0.39, 0.29) is 5.41 Å². The van der Waals surface area contributed by atoms with E-state index in [2.05, 4.69) is 30.9 Å². The van der Waals surface area contributed by atoms with Crippen LogP contribution < -0.4 is 14.4 Å². The fourth-order valence-electron chi connectivity index (χ4n) is 4.53. The molecule has 0 saturated carbocycles. The molecule has 0 bridgehead atoms. The van der Waals surface area contributed by atoms with E-state index in [1.807, 2.05) is 24.3 Å². The molecule has 1 aliphatic heterocycles. The molecule has 2 aromatic rings. The van der Waals surface area contributed by atoms with Gasteiger partial charge >= 0.3 is 5.97 Å². The van der Waals surface area contributed by atoms with Gasteiger partial charge in [-0.2, -0.15) is 0 Å². The van der Waals surface area contributed by atoms with E-state index in [0.717, 1.165) is 68.8 Å². The van der Waals surface area contributed by atoms with Crippen LogP contribution in [0.2, 0.25) is 0 Å². The van der Waals surface area contributed by atoms with Crippen LogP contribution in [0, 0.1) is 5.41 Å². The van der Waals surface area contributed by atoms with E-state index >= 15 is 0 Å². The highest BCUT2D eigenvalue weighted by molar-refractivity contribution is 7.85. The van der Waals surface area contributed by atoms with Crippen LogP contribution in [0.1, 0.15) is 52.4 Å². The van der Waals surface area contributed by atoms with Crippen molar-refractivity contribution in [3.05, 3.63) is 54.8 Å². The molecule has 7 heteroatoms. The molecule has 34 heavy (non-hydrogen) atoms. The summed E-state index contributed by atoms with van der Waals surface area (Å²) in [6.45, 7) is 5.17. The third-order valence-electron chi connectivity index (χ3n) is 6.31. The summed E-state index contributed by atoms with van der Waals surface area (Å²) in [6.07, 6.45) is 8.45. The van der Waals surface area contributed by atoms with Crippen molar-refractivity contribution in [1.82, 2.24) is 0 Å². The van der Waals surface area contributed by atoms with Gasteiger partial charge in [0.1, 0.15) is 0 Å². The van der Waals surface area contributed by atoms with Crippen molar-refractivity contribution in [3.63, 3.8) is 0 Å². The third kappa shape index (κ3) is 6.20. The molecular weight excluding hydrogens is 450 g/mol. The Hall–Kier alpha value is -2.80. The van der Waals surface area contributed by atoms with Gasteiger partial charge in [-0.25, -0.2) is 4.79 Å².